The average molecular weight is 447 g/mol. The van der Waals surface area contributed by atoms with Gasteiger partial charge in [-0.05, 0) is 47.7 Å². The molecule has 1 atom stereocenters. The molecule has 0 aliphatic carbocycles. The van der Waals surface area contributed by atoms with Gasteiger partial charge in [0, 0.05) is 0 Å². The Morgan fingerprint density at radius 3 is 2.26 bits per heavy atom. The summed E-state index contributed by atoms with van der Waals surface area (Å²) in [6.45, 7) is 8.79. The molecule has 8 heteroatoms. The summed E-state index contributed by atoms with van der Waals surface area (Å²) in [5.41, 5.74) is 2.34. The first-order chi connectivity index (χ1) is 14.4. The van der Waals surface area contributed by atoms with Crippen LogP contribution in [0.15, 0.2) is 42.5 Å². The molecule has 0 saturated carbocycles. The third-order valence-electron chi connectivity index (χ3n) is 5.15. The molecule has 0 aromatic heterocycles. The van der Waals surface area contributed by atoms with Gasteiger partial charge >= 0.3 is 0 Å². The summed E-state index contributed by atoms with van der Waals surface area (Å²) in [7, 11) is -3.64. The van der Waals surface area contributed by atoms with Crippen LogP contribution < -0.4 is 19.1 Å². The van der Waals surface area contributed by atoms with E-state index in [1.54, 1.807) is 12.1 Å². The topological polar surface area (TPSA) is 84.9 Å². The Hall–Kier alpha value is -2.74. The number of ether oxygens (including phenoxy) is 2. The first-order valence-electron chi connectivity index (χ1n) is 10.2. The standard InChI is InChI=1S/C23H30N2O5S/c1-16(17-6-11-20-21(14-17)30-13-12-29-20)24-22(26)15-25(31(5,27)28)19-9-7-18(8-10-19)23(2,3)4/h6-11,14,16H,12-13,15H2,1-5H3,(H,24,26)/t16-/m1/s1. The minimum Gasteiger partial charge on any atom is -0.486 e. The summed E-state index contributed by atoms with van der Waals surface area (Å²) in [5, 5.41) is 2.87. The number of hydrogen-bond donors (Lipinski definition) is 1. The Kier molecular flexibility index (Phi) is 6.50. The van der Waals surface area contributed by atoms with E-state index in [0.29, 0.717) is 30.4 Å². The number of sulfonamides is 1. The van der Waals surface area contributed by atoms with E-state index >= 15 is 0 Å². The molecule has 0 saturated heterocycles. The zero-order chi connectivity index (χ0) is 22.8. The van der Waals surface area contributed by atoms with Crippen molar-refractivity contribution in [1.82, 2.24) is 5.32 Å². The molecule has 168 valence electrons. The van der Waals surface area contributed by atoms with E-state index in [1.807, 2.05) is 37.3 Å². The van der Waals surface area contributed by atoms with Crippen LogP contribution in [0.5, 0.6) is 11.5 Å². The maximum absolute atomic E-state index is 12.7. The van der Waals surface area contributed by atoms with Crippen LogP contribution in [0.3, 0.4) is 0 Å². The molecule has 3 rings (SSSR count). The maximum Gasteiger partial charge on any atom is 0.241 e. The summed E-state index contributed by atoms with van der Waals surface area (Å²) in [4.78, 5) is 12.7. The summed E-state index contributed by atoms with van der Waals surface area (Å²) in [6.07, 6.45) is 1.10. The van der Waals surface area contributed by atoms with E-state index in [4.69, 9.17) is 9.47 Å². The number of nitrogens with one attached hydrogen (secondary N) is 1. The molecule has 1 heterocycles. The summed E-state index contributed by atoms with van der Waals surface area (Å²) < 4.78 is 37.0. The number of carbonyl (C=O) groups excluding carboxylic acids is 1. The second-order valence-corrected chi connectivity index (χ2v) is 10.7. The third kappa shape index (κ3) is 5.70. The number of amides is 1. The van der Waals surface area contributed by atoms with Crippen molar-refractivity contribution in [3.63, 3.8) is 0 Å². The molecule has 0 radical (unpaired) electrons. The van der Waals surface area contributed by atoms with Crippen molar-refractivity contribution in [2.45, 2.75) is 39.2 Å². The molecule has 31 heavy (non-hydrogen) atoms. The van der Waals surface area contributed by atoms with E-state index in [0.717, 1.165) is 21.7 Å². The highest BCUT2D eigenvalue weighted by Crippen LogP contribution is 2.32. The molecule has 0 fully saturated rings. The summed E-state index contributed by atoms with van der Waals surface area (Å²) >= 11 is 0. The molecule has 1 amide bonds. The highest BCUT2D eigenvalue weighted by atomic mass is 32.2. The first-order valence-corrected chi connectivity index (χ1v) is 12.1. The summed E-state index contributed by atoms with van der Waals surface area (Å²) in [6, 6.07) is 12.4. The van der Waals surface area contributed by atoms with Gasteiger partial charge in [0.2, 0.25) is 15.9 Å². The lowest BCUT2D eigenvalue weighted by atomic mass is 9.87. The van der Waals surface area contributed by atoms with Gasteiger partial charge < -0.3 is 14.8 Å². The predicted octanol–water partition coefficient (Wildman–Crippen LogP) is 3.40. The van der Waals surface area contributed by atoms with E-state index in [9.17, 15) is 13.2 Å². The molecule has 1 aliphatic rings. The minimum absolute atomic E-state index is 0.0507. The minimum atomic E-state index is -3.64. The Morgan fingerprint density at radius 2 is 1.68 bits per heavy atom. The van der Waals surface area contributed by atoms with E-state index in [2.05, 4.69) is 26.1 Å². The number of rotatable bonds is 6. The second-order valence-electron chi connectivity index (χ2n) is 8.76. The first kappa shape index (κ1) is 22.9. The van der Waals surface area contributed by atoms with Gasteiger partial charge in [0.05, 0.1) is 18.0 Å². The predicted molar refractivity (Wildman–Crippen MR) is 121 cm³/mol. The monoisotopic (exact) mass is 446 g/mol. The molecular formula is C23H30N2O5S. The van der Waals surface area contributed by atoms with Gasteiger partial charge in [-0.15, -0.1) is 0 Å². The Morgan fingerprint density at radius 1 is 1.06 bits per heavy atom. The number of anilines is 1. The molecular weight excluding hydrogens is 416 g/mol. The van der Waals surface area contributed by atoms with Gasteiger partial charge in [-0.3, -0.25) is 9.10 Å². The van der Waals surface area contributed by atoms with Gasteiger partial charge in [0.25, 0.3) is 0 Å². The lowest BCUT2D eigenvalue weighted by Crippen LogP contribution is -2.41. The van der Waals surface area contributed by atoms with Crippen LogP contribution in [-0.4, -0.2) is 40.3 Å². The number of benzene rings is 2. The molecule has 1 aliphatic heterocycles. The van der Waals surface area contributed by atoms with Crippen LogP contribution >= 0.6 is 0 Å². The normalized spacial score (nSPS) is 14.6. The number of fused-ring (bicyclic) bond motifs is 1. The van der Waals surface area contributed by atoms with Gasteiger partial charge in [0.1, 0.15) is 19.8 Å². The van der Waals surface area contributed by atoms with Crippen molar-refractivity contribution in [1.29, 1.82) is 0 Å². The molecule has 1 N–H and O–H groups in total. The van der Waals surface area contributed by atoms with E-state index < -0.39 is 15.9 Å². The quantitative estimate of drug-likeness (QED) is 0.735. The largest absolute Gasteiger partial charge is 0.486 e. The molecule has 0 bridgehead atoms. The van der Waals surface area contributed by atoms with Crippen LogP contribution in [0, 0.1) is 0 Å². The smallest absolute Gasteiger partial charge is 0.241 e. The fourth-order valence-electron chi connectivity index (χ4n) is 3.36. The van der Waals surface area contributed by atoms with Crippen LogP contribution in [0.25, 0.3) is 0 Å². The van der Waals surface area contributed by atoms with Crippen molar-refractivity contribution >= 4 is 21.6 Å². The molecule has 2 aromatic rings. The van der Waals surface area contributed by atoms with E-state index in [1.165, 1.54) is 0 Å². The van der Waals surface area contributed by atoms with Gasteiger partial charge in [-0.1, -0.05) is 39.0 Å². The fraction of sp³-hybridized carbons (Fsp3) is 0.435. The Labute approximate surface area is 184 Å². The number of nitrogens with zero attached hydrogens (tertiary/aromatic N) is 1. The van der Waals surface area contributed by atoms with Crippen LogP contribution in [0.2, 0.25) is 0 Å². The zero-order valence-electron chi connectivity index (χ0n) is 18.6. The van der Waals surface area contributed by atoms with Crippen molar-refractivity contribution in [2.24, 2.45) is 0 Å². The van der Waals surface area contributed by atoms with Crippen molar-refractivity contribution in [2.75, 3.05) is 30.3 Å². The maximum atomic E-state index is 12.7. The lowest BCUT2D eigenvalue weighted by Gasteiger charge is -2.25. The number of hydrogen-bond acceptors (Lipinski definition) is 5. The zero-order valence-corrected chi connectivity index (χ0v) is 19.5. The fourth-order valence-corrected chi connectivity index (χ4v) is 4.21. The SMILES string of the molecule is C[C@@H](NC(=O)CN(c1ccc(C(C)(C)C)cc1)S(C)(=O)=O)c1ccc2c(c1)OCCO2. The van der Waals surface area contributed by atoms with Gasteiger partial charge in [-0.2, -0.15) is 0 Å². The molecule has 0 unspecified atom stereocenters. The summed E-state index contributed by atoms with van der Waals surface area (Å²) in [5.74, 6) is 0.921. The second kappa shape index (κ2) is 8.78. The van der Waals surface area contributed by atoms with Crippen molar-refractivity contribution < 1.29 is 22.7 Å². The van der Waals surface area contributed by atoms with Crippen LogP contribution in [0.4, 0.5) is 5.69 Å². The molecule has 2 aromatic carbocycles. The van der Waals surface area contributed by atoms with Crippen LogP contribution in [-0.2, 0) is 20.2 Å². The van der Waals surface area contributed by atoms with Gasteiger partial charge in [0.15, 0.2) is 11.5 Å². The van der Waals surface area contributed by atoms with Crippen molar-refractivity contribution in [3.8, 4) is 11.5 Å². The Bertz CT molecular complexity index is 1040. The van der Waals surface area contributed by atoms with Gasteiger partial charge in [-0.25, -0.2) is 8.42 Å². The molecule has 0 spiro atoms. The highest BCUT2D eigenvalue weighted by molar-refractivity contribution is 7.92. The third-order valence-corrected chi connectivity index (χ3v) is 6.29. The molecule has 7 nitrogen and oxygen atoms in total. The highest BCUT2D eigenvalue weighted by Gasteiger charge is 2.23. The van der Waals surface area contributed by atoms with Crippen LogP contribution in [0.1, 0.15) is 44.9 Å². The Balaban J connectivity index is 1.72. The average Bonchev–Trinajstić information content (AvgIpc) is 2.70. The van der Waals surface area contributed by atoms with E-state index in [-0.39, 0.29) is 18.0 Å². The number of carbonyl (C=O) groups is 1. The van der Waals surface area contributed by atoms with Crippen molar-refractivity contribution in [3.05, 3.63) is 53.6 Å². The lowest BCUT2D eigenvalue weighted by molar-refractivity contribution is -0.120.